The summed E-state index contributed by atoms with van der Waals surface area (Å²) in [6.07, 6.45) is 1.60. The van der Waals surface area contributed by atoms with Gasteiger partial charge in [0.05, 0.1) is 5.60 Å². The summed E-state index contributed by atoms with van der Waals surface area (Å²) in [4.78, 5) is 27.0. The number of nitrogens with zero attached hydrogens (tertiary/aromatic N) is 1. The number of halogens is 1. The number of pyridine rings is 1. The number of aliphatic hydroxyl groups is 1. The number of benzene rings is 2. The molecule has 8 heteroatoms. The zero-order chi connectivity index (χ0) is 24.9. The van der Waals surface area contributed by atoms with Gasteiger partial charge >= 0.3 is 5.97 Å². The zero-order valence-corrected chi connectivity index (χ0v) is 19.5. The van der Waals surface area contributed by atoms with Crippen LogP contribution in [0.1, 0.15) is 41.0 Å². The molecule has 3 N–H and O–H groups in total. The molecule has 2 heterocycles. The number of aryl methyl sites for hydroxylation is 3. The molecule has 0 amide bonds. The second-order valence-corrected chi connectivity index (χ2v) is 8.98. The van der Waals surface area contributed by atoms with Gasteiger partial charge in [0.15, 0.2) is 0 Å². The minimum absolute atomic E-state index is 0.120. The van der Waals surface area contributed by atoms with E-state index in [2.05, 4.69) is 4.98 Å². The molecule has 34 heavy (non-hydrogen) atoms. The smallest absolute Gasteiger partial charge is 0.352 e. The molecular formula is C26H25FN2O5. The van der Waals surface area contributed by atoms with E-state index in [9.17, 15) is 24.2 Å². The van der Waals surface area contributed by atoms with Crippen LogP contribution in [0.15, 0.2) is 47.4 Å². The first kappa shape index (κ1) is 23.3. The highest BCUT2D eigenvalue weighted by Crippen LogP contribution is 2.40. The number of aromatic amines is 1. The Kier molecular flexibility index (Phi) is 5.57. The number of aromatic carboxylic acids is 1. The van der Waals surface area contributed by atoms with Crippen LogP contribution < -0.4 is 10.3 Å². The van der Waals surface area contributed by atoms with E-state index in [1.54, 1.807) is 59.1 Å². The standard InChI is InChI=1S/C26H25FN2O5/c1-13-8-16(27)9-14(2)23(13)34-21-7-6-15(26(3,4)33)10-17(21)19-12-29(5)24(30)22-18(19)11-20(28-22)25(31)32/h6-12,28,33H,1-5H3,(H,31,32). The SMILES string of the molecule is Cc1cc(F)cc(C)c1Oc1ccc(C(C)(C)O)cc1-c1cn(C)c(=O)c2[nH]c(C(=O)O)cc12. The van der Waals surface area contributed by atoms with Gasteiger partial charge in [0, 0.05) is 29.8 Å². The summed E-state index contributed by atoms with van der Waals surface area (Å²) >= 11 is 0. The van der Waals surface area contributed by atoms with E-state index < -0.39 is 11.6 Å². The summed E-state index contributed by atoms with van der Waals surface area (Å²) in [7, 11) is 1.57. The highest BCUT2D eigenvalue weighted by molar-refractivity contribution is 6.01. The topological polar surface area (TPSA) is 105 Å². The first-order chi connectivity index (χ1) is 15.9. The van der Waals surface area contributed by atoms with E-state index in [0.717, 1.165) is 0 Å². The highest BCUT2D eigenvalue weighted by atomic mass is 19.1. The molecule has 7 nitrogen and oxygen atoms in total. The van der Waals surface area contributed by atoms with Crippen molar-refractivity contribution in [1.82, 2.24) is 9.55 Å². The van der Waals surface area contributed by atoms with Crippen molar-refractivity contribution in [2.75, 3.05) is 0 Å². The van der Waals surface area contributed by atoms with Crippen LogP contribution in [0.4, 0.5) is 4.39 Å². The molecule has 0 fully saturated rings. The Labute approximate surface area is 195 Å². The number of rotatable bonds is 5. The Morgan fingerprint density at radius 3 is 2.32 bits per heavy atom. The fourth-order valence-electron chi connectivity index (χ4n) is 4.04. The number of carbonyl (C=O) groups is 1. The molecule has 176 valence electrons. The largest absolute Gasteiger partial charge is 0.477 e. The molecule has 2 aromatic carbocycles. The van der Waals surface area contributed by atoms with Crippen molar-refractivity contribution in [1.29, 1.82) is 0 Å². The average Bonchev–Trinajstić information content (AvgIpc) is 3.19. The first-order valence-corrected chi connectivity index (χ1v) is 10.6. The summed E-state index contributed by atoms with van der Waals surface area (Å²) in [5.41, 5.74) is 1.37. The number of hydrogen-bond donors (Lipinski definition) is 3. The number of ether oxygens (including phenoxy) is 1. The van der Waals surface area contributed by atoms with Crippen molar-refractivity contribution >= 4 is 16.9 Å². The molecular weight excluding hydrogens is 439 g/mol. The van der Waals surface area contributed by atoms with Crippen molar-refractivity contribution in [2.24, 2.45) is 7.05 Å². The van der Waals surface area contributed by atoms with Crippen LogP contribution in [0, 0.1) is 19.7 Å². The lowest BCUT2D eigenvalue weighted by molar-refractivity contribution is 0.0691. The van der Waals surface area contributed by atoms with E-state index >= 15 is 0 Å². The van der Waals surface area contributed by atoms with Gasteiger partial charge in [0.1, 0.15) is 28.5 Å². The molecule has 2 aromatic heterocycles. The molecule has 0 spiro atoms. The quantitative estimate of drug-likeness (QED) is 0.385. The van der Waals surface area contributed by atoms with Gasteiger partial charge in [0.2, 0.25) is 0 Å². The number of fused-ring (bicyclic) bond motifs is 1. The Balaban J connectivity index is 2.03. The fraction of sp³-hybridized carbons (Fsp3) is 0.231. The number of aromatic nitrogens is 2. The van der Waals surface area contributed by atoms with Crippen molar-refractivity contribution < 1.29 is 24.1 Å². The second-order valence-electron chi connectivity index (χ2n) is 8.98. The van der Waals surface area contributed by atoms with Gasteiger partial charge in [-0.2, -0.15) is 0 Å². The minimum atomic E-state index is -1.19. The van der Waals surface area contributed by atoms with Gasteiger partial charge < -0.3 is 24.5 Å². The summed E-state index contributed by atoms with van der Waals surface area (Å²) in [5, 5.41) is 20.5. The van der Waals surface area contributed by atoms with E-state index in [-0.39, 0.29) is 22.6 Å². The van der Waals surface area contributed by atoms with Gasteiger partial charge in [-0.25, -0.2) is 9.18 Å². The summed E-state index contributed by atoms with van der Waals surface area (Å²) in [5.74, 6) is -0.666. The predicted octanol–water partition coefficient (Wildman–Crippen LogP) is 5.01. The van der Waals surface area contributed by atoms with Crippen molar-refractivity contribution in [3.8, 4) is 22.6 Å². The van der Waals surface area contributed by atoms with Crippen LogP contribution >= 0.6 is 0 Å². The molecule has 0 atom stereocenters. The predicted molar refractivity (Wildman–Crippen MR) is 127 cm³/mol. The van der Waals surface area contributed by atoms with Gasteiger partial charge in [-0.3, -0.25) is 4.79 Å². The van der Waals surface area contributed by atoms with Crippen LogP contribution in [0.2, 0.25) is 0 Å². The molecule has 4 rings (SSSR count). The van der Waals surface area contributed by atoms with E-state index in [0.29, 0.717) is 44.7 Å². The lowest BCUT2D eigenvalue weighted by Gasteiger charge is -2.22. The monoisotopic (exact) mass is 464 g/mol. The summed E-state index contributed by atoms with van der Waals surface area (Å²) in [6, 6.07) is 9.34. The average molecular weight is 464 g/mol. The van der Waals surface area contributed by atoms with Gasteiger partial charge in [-0.05, 0) is 74.7 Å². The fourth-order valence-corrected chi connectivity index (χ4v) is 4.04. The Hall–Kier alpha value is -3.91. The number of nitrogens with one attached hydrogen (secondary N) is 1. The third-order valence-electron chi connectivity index (χ3n) is 5.81. The maximum absolute atomic E-state index is 13.8. The lowest BCUT2D eigenvalue weighted by atomic mass is 9.93. The van der Waals surface area contributed by atoms with Crippen molar-refractivity contribution in [3.05, 3.63) is 81.2 Å². The molecule has 0 aliphatic rings. The molecule has 0 bridgehead atoms. The summed E-state index contributed by atoms with van der Waals surface area (Å²) in [6.45, 7) is 6.78. The molecule has 0 unspecified atom stereocenters. The van der Waals surface area contributed by atoms with Gasteiger partial charge in [0.25, 0.3) is 5.56 Å². The number of H-pyrrole nitrogens is 1. The molecule has 4 aromatic rings. The van der Waals surface area contributed by atoms with Crippen LogP contribution in [-0.4, -0.2) is 25.7 Å². The van der Waals surface area contributed by atoms with E-state index in [1.807, 2.05) is 0 Å². The van der Waals surface area contributed by atoms with Crippen LogP contribution in [-0.2, 0) is 12.6 Å². The minimum Gasteiger partial charge on any atom is -0.477 e. The van der Waals surface area contributed by atoms with Crippen LogP contribution in [0.5, 0.6) is 11.5 Å². The molecule has 0 aliphatic heterocycles. The van der Waals surface area contributed by atoms with Crippen LogP contribution in [0.3, 0.4) is 0 Å². The van der Waals surface area contributed by atoms with Gasteiger partial charge in [-0.1, -0.05) is 6.07 Å². The second kappa shape index (κ2) is 8.14. The first-order valence-electron chi connectivity index (χ1n) is 10.6. The molecule has 0 saturated carbocycles. The number of carboxylic acids is 1. The van der Waals surface area contributed by atoms with Crippen LogP contribution in [0.25, 0.3) is 22.0 Å². The summed E-state index contributed by atoms with van der Waals surface area (Å²) < 4.78 is 21.4. The van der Waals surface area contributed by atoms with Gasteiger partial charge in [-0.15, -0.1) is 0 Å². The lowest BCUT2D eigenvalue weighted by Crippen LogP contribution is -2.17. The molecule has 0 radical (unpaired) electrons. The van der Waals surface area contributed by atoms with Crippen molar-refractivity contribution in [3.63, 3.8) is 0 Å². The molecule has 0 saturated heterocycles. The zero-order valence-electron chi connectivity index (χ0n) is 19.5. The Morgan fingerprint density at radius 2 is 1.74 bits per heavy atom. The van der Waals surface area contributed by atoms with Crippen molar-refractivity contribution in [2.45, 2.75) is 33.3 Å². The Bertz CT molecular complexity index is 1490. The third kappa shape index (κ3) is 4.08. The molecule has 0 aliphatic carbocycles. The maximum Gasteiger partial charge on any atom is 0.352 e. The third-order valence-corrected chi connectivity index (χ3v) is 5.81. The maximum atomic E-state index is 13.8. The normalized spacial score (nSPS) is 11.7. The van der Waals surface area contributed by atoms with E-state index in [1.165, 1.54) is 22.8 Å². The number of hydrogen-bond acceptors (Lipinski definition) is 4. The number of carboxylic acid groups (broad SMARTS) is 1. The highest BCUT2D eigenvalue weighted by Gasteiger charge is 2.23. The Morgan fingerprint density at radius 1 is 1.09 bits per heavy atom. The van der Waals surface area contributed by atoms with E-state index in [4.69, 9.17) is 4.74 Å².